The first-order chi connectivity index (χ1) is 22.0. The van der Waals surface area contributed by atoms with Gasteiger partial charge in [0, 0.05) is 36.7 Å². The number of rotatable bonds is 10. The molecule has 0 saturated carbocycles. The molecule has 0 fully saturated rings. The summed E-state index contributed by atoms with van der Waals surface area (Å²) in [5.74, 6) is -3.99. The number of hydrogen-bond donors (Lipinski definition) is 4. The summed E-state index contributed by atoms with van der Waals surface area (Å²) in [6.45, 7) is 16.2. The number of hydrogen-bond acceptors (Lipinski definition) is 9. The second-order valence-corrected chi connectivity index (χ2v) is 13.2. The molecule has 1 rings (SSSR count). The number of allylic oxidation sites excluding steroid dienone is 7. The standard InChI is InChI=1S/C38H60O9/c1-12-14-30(39)24(4)17-18-31(40)27(7)36(43)29(9)37-32(45-10)16-13-15-22(2)19-25(5)34(41)28(8)35(42)26(6)20-23(3)21-33(46-11)38(44)47-37/h12-18,20-21,24-30,32,34-37,39,41-43H,19H2,1-11H3/b14-12+,16-13+,18-17+,22-15+,23-20+,33-21-/t24-,25+,26+,27+,28-,29-,30+,32-,34-,35+,36-,37+/m0/s1. The Morgan fingerprint density at radius 2 is 1.68 bits per heavy atom. The van der Waals surface area contributed by atoms with Crippen molar-refractivity contribution < 1.29 is 44.2 Å². The minimum atomic E-state index is -1.22. The minimum Gasteiger partial charge on any atom is -0.490 e. The number of methoxy groups -OCH3 is 2. The zero-order valence-corrected chi connectivity index (χ0v) is 30.2. The second kappa shape index (κ2) is 20.5. The van der Waals surface area contributed by atoms with Crippen LogP contribution in [0, 0.1) is 35.5 Å². The monoisotopic (exact) mass is 660 g/mol. The van der Waals surface area contributed by atoms with Gasteiger partial charge in [0.1, 0.15) is 12.2 Å². The summed E-state index contributed by atoms with van der Waals surface area (Å²) in [5.41, 5.74) is 1.63. The van der Waals surface area contributed by atoms with E-state index in [-0.39, 0.29) is 29.3 Å². The normalized spacial score (nSPS) is 34.7. The third-order valence-electron chi connectivity index (χ3n) is 9.18. The molecule has 4 N–H and O–H groups in total. The predicted molar refractivity (Wildman–Crippen MR) is 185 cm³/mol. The van der Waals surface area contributed by atoms with Crippen LogP contribution in [0.2, 0.25) is 0 Å². The topological polar surface area (TPSA) is 143 Å². The van der Waals surface area contributed by atoms with Gasteiger partial charge in [-0.3, -0.25) is 4.79 Å². The molecule has 0 radical (unpaired) electrons. The molecule has 0 saturated heterocycles. The van der Waals surface area contributed by atoms with E-state index in [4.69, 9.17) is 14.2 Å². The van der Waals surface area contributed by atoms with E-state index in [0.29, 0.717) is 12.0 Å². The van der Waals surface area contributed by atoms with Crippen molar-refractivity contribution in [1.29, 1.82) is 0 Å². The van der Waals surface area contributed by atoms with Crippen LogP contribution in [-0.2, 0) is 23.8 Å². The largest absolute Gasteiger partial charge is 0.490 e. The van der Waals surface area contributed by atoms with E-state index in [1.165, 1.54) is 26.4 Å². The molecular weight excluding hydrogens is 600 g/mol. The number of esters is 1. The average molecular weight is 661 g/mol. The molecule has 9 heteroatoms. The van der Waals surface area contributed by atoms with E-state index in [0.717, 1.165) is 5.57 Å². The van der Waals surface area contributed by atoms with Gasteiger partial charge in [-0.1, -0.05) is 95.2 Å². The van der Waals surface area contributed by atoms with Crippen molar-refractivity contribution in [3.63, 3.8) is 0 Å². The number of carbonyl (C=O) groups is 2. The number of aliphatic hydroxyl groups is 4. The summed E-state index contributed by atoms with van der Waals surface area (Å²) in [7, 11) is 2.82. The van der Waals surface area contributed by atoms with Crippen molar-refractivity contribution in [2.45, 2.75) is 105 Å². The predicted octanol–water partition coefficient (Wildman–Crippen LogP) is 5.26. The molecule has 0 aromatic rings. The fourth-order valence-electron chi connectivity index (χ4n) is 5.87. The molecule has 12 atom stereocenters. The van der Waals surface area contributed by atoms with Gasteiger partial charge in [0.15, 0.2) is 5.78 Å². The molecule has 0 amide bonds. The number of ether oxygens (including phenoxy) is 3. The lowest BCUT2D eigenvalue weighted by atomic mass is 9.81. The average Bonchev–Trinajstić information content (AvgIpc) is 3.04. The zero-order chi connectivity index (χ0) is 36.0. The molecule has 1 aliphatic rings. The Labute approximate surface area is 282 Å². The van der Waals surface area contributed by atoms with Crippen LogP contribution in [0.5, 0.6) is 0 Å². The molecule has 0 spiro atoms. The van der Waals surface area contributed by atoms with Gasteiger partial charge in [-0.2, -0.15) is 0 Å². The first kappa shape index (κ1) is 42.2. The lowest BCUT2D eigenvalue weighted by Crippen LogP contribution is -2.45. The molecule has 1 aliphatic heterocycles. The number of cyclic esters (lactones) is 1. The lowest BCUT2D eigenvalue weighted by Gasteiger charge is -2.33. The Morgan fingerprint density at radius 1 is 1.04 bits per heavy atom. The molecule has 9 nitrogen and oxygen atoms in total. The van der Waals surface area contributed by atoms with E-state index in [9.17, 15) is 30.0 Å². The third kappa shape index (κ3) is 13.0. The Balaban J connectivity index is 3.56. The van der Waals surface area contributed by atoms with Crippen molar-refractivity contribution in [2.75, 3.05) is 14.2 Å². The first-order valence-corrected chi connectivity index (χ1v) is 16.6. The van der Waals surface area contributed by atoms with Crippen molar-refractivity contribution in [3.8, 4) is 0 Å². The Bertz CT molecular complexity index is 1180. The van der Waals surface area contributed by atoms with Gasteiger partial charge in [-0.15, -0.1) is 0 Å². The molecule has 0 aromatic heterocycles. The molecule has 0 aliphatic carbocycles. The fraction of sp³-hybridized carbons (Fsp3) is 0.632. The number of ketones is 1. The Kier molecular flexibility index (Phi) is 18.4. The highest BCUT2D eigenvalue weighted by atomic mass is 16.6. The number of carbonyl (C=O) groups excluding carboxylic acids is 2. The molecule has 266 valence electrons. The maximum atomic E-state index is 13.5. The van der Waals surface area contributed by atoms with Crippen molar-refractivity contribution >= 4 is 11.8 Å². The van der Waals surface area contributed by atoms with E-state index in [1.54, 1.807) is 65.0 Å². The summed E-state index contributed by atoms with van der Waals surface area (Å²) >= 11 is 0. The maximum absolute atomic E-state index is 13.5. The van der Waals surface area contributed by atoms with Gasteiger partial charge in [-0.05, 0) is 45.3 Å². The first-order valence-electron chi connectivity index (χ1n) is 16.6. The summed E-state index contributed by atoms with van der Waals surface area (Å²) in [6, 6.07) is 0. The lowest BCUT2D eigenvalue weighted by molar-refractivity contribution is -0.162. The van der Waals surface area contributed by atoms with Crippen LogP contribution in [0.4, 0.5) is 0 Å². The SMILES string of the molecule is C/C=C/[C@@H](O)[C@@H](C)/C=C/C(=O)[C@@H](C)[C@H](O)[C@H](C)[C@H]1OC(=O)/C(OC)=C/C(C)=C/[C@@H](C)[C@@H](O)[C@@H](C)[C@@H](O)[C@H](C)C/C(C)=C/C=C/[C@@H]1OC. The molecule has 1 heterocycles. The van der Waals surface area contributed by atoms with Gasteiger partial charge < -0.3 is 34.6 Å². The van der Waals surface area contributed by atoms with Gasteiger partial charge in [0.2, 0.25) is 5.76 Å². The second-order valence-electron chi connectivity index (χ2n) is 13.2. The van der Waals surface area contributed by atoms with Gasteiger partial charge in [0.05, 0.1) is 31.5 Å². The highest BCUT2D eigenvalue weighted by Crippen LogP contribution is 2.28. The van der Waals surface area contributed by atoms with Crippen LogP contribution in [-0.4, -0.2) is 83.0 Å². The zero-order valence-electron chi connectivity index (χ0n) is 30.2. The molecule has 0 aromatic carbocycles. The van der Waals surface area contributed by atoms with Crippen LogP contribution < -0.4 is 0 Å². The highest BCUT2D eigenvalue weighted by Gasteiger charge is 2.38. The molecule has 0 bridgehead atoms. The van der Waals surface area contributed by atoms with Crippen LogP contribution in [0.1, 0.15) is 68.7 Å². The summed E-state index contributed by atoms with van der Waals surface area (Å²) < 4.78 is 17.1. The van der Waals surface area contributed by atoms with Crippen molar-refractivity contribution in [3.05, 3.63) is 71.6 Å². The van der Waals surface area contributed by atoms with E-state index < -0.39 is 60.3 Å². The molecular formula is C38H60O9. The van der Waals surface area contributed by atoms with Crippen LogP contribution in [0.15, 0.2) is 71.6 Å². The van der Waals surface area contributed by atoms with E-state index in [2.05, 4.69) is 0 Å². The van der Waals surface area contributed by atoms with Gasteiger partial charge >= 0.3 is 5.97 Å². The maximum Gasteiger partial charge on any atom is 0.373 e. The highest BCUT2D eigenvalue weighted by molar-refractivity contribution is 5.92. The minimum absolute atomic E-state index is 0.0924. The third-order valence-corrected chi connectivity index (χ3v) is 9.18. The van der Waals surface area contributed by atoms with E-state index in [1.807, 2.05) is 39.8 Å². The van der Waals surface area contributed by atoms with Crippen LogP contribution >= 0.6 is 0 Å². The fourth-order valence-corrected chi connectivity index (χ4v) is 5.87. The Morgan fingerprint density at radius 3 is 2.26 bits per heavy atom. The van der Waals surface area contributed by atoms with Crippen molar-refractivity contribution in [2.24, 2.45) is 35.5 Å². The van der Waals surface area contributed by atoms with Crippen LogP contribution in [0.25, 0.3) is 0 Å². The summed E-state index contributed by atoms with van der Waals surface area (Å²) in [6.07, 6.45) is 10.3. The summed E-state index contributed by atoms with van der Waals surface area (Å²) in [4.78, 5) is 26.6. The quantitative estimate of drug-likeness (QED) is 0.140. The van der Waals surface area contributed by atoms with Gasteiger partial charge in [0.25, 0.3) is 0 Å². The van der Waals surface area contributed by atoms with Crippen molar-refractivity contribution in [1.82, 2.24) is 0 Å². The van der Waals surface area contributed by atoms with Gasteiger partial charge in [-0.25, -0.2) is 4.79 Å². The van der Waals surface area contributed by atoms with Crippen LogP contribution in [0.3, 0.4) is 0 Å². The van der Waals surface area contributed by atoms with E-state index >= 15 is 0 Å². The molecule has 47 heavy (non-hydrogen) atoms. The summed E-state index contributed by atoms with van der Waals surface area (Å²) in [5, 5.41) is 43.6. The molecule has 0 unspecified atom stereocenters. The smallest absolute Gasteiger partial charge is 0.373 e. The Hall–Kier alpha value is -2.82. The number of aliphatic hydroxyl groups excluding tert-OH is 4.